The van der Waals surface area contributed by atoms with Crippen molar-refractivity contribution in [2.24, 2.45) is 0 Å². The summed E-state index contributed by atoms with van der Waals surface area (Å²) in [4.78, 5) is 27.7. The van der Waals surface area contributed by atoms with Crippen molar-refractivity contribution in [3.63, 3.8) is 0 Å². The highest BCUT2D eigenvalue weighted by atomic mass is 35.5. The van der Waals surface area contributed by atoms with Crippen LogP contribution in [0.4, 0.5) is 0 Å². The van der Waals surface area contributed by atoms with Gasteiger partial charge in [0.25, 0.3) is 0 Å². The minimum absolute atomic E-state index is 0.236. The number of rotatable bonds is 1. The van der Waals surface area contributed by atoms with E-state index in [1.54, 1.807) is 6.07 Å². The molecule has 104 valence electrons. The molecule has 2 aromatic rings. The average molecular weight is 293 g/mol. The fourth-order valence-electron chi connectivity index (χ4n) is 2.86. The molecule has 20 heavy (non-hydrogen) atoms. The third kappa shape index (κ3) is 1.86. The molecule has 1 aliphatic heterocycles. The maximum atomic E-state index is 11.6. The Balaban J connectivity index is 2.22. The van der Waals surface area contributed by atoms with Crippen LogP contribution in [0.5, 0.6) is 0 Å². The van der Waals surface area contributed by atoms with Gasteiger partial charge in [0.15, 0.2) is 6.04 Å². The fraction of sp³-hybridized carbons (Fsp3) is 0.286. The summed E-state index contributed by atoms with van der Waals surface area (Å²) in [5, 5.41) is 11.0. The lowest BCUT2D eigenvalue weighted by atomic mass is 9.97. The predicted octanol–water partition coefficient (Wildman–Crippen LogP) is 2.35. The Morgan fingerprint density at radius 2 is 2.20 bits per heavy atom. The van der Waals surface area contributed by atoms with Crippen LogP contribution < -0.4 is 0 Å². The Kier molecular flexibility index (Phi) is 2.94. The predicted molar refractivity (Wildman–Crippen MR) is 74.8 cm³/mol. The number of benzene rings is 1. The molecular weight excluding hydrogens is 280 g/mol. The molecular formula is C14H13ClN2O3. The first-order chi connectivity index (χ1) is 9.49. The van der Waals surface area contributed by atoms with Crippen molar-refractivity contribution in [1.82, 2.24) is 9.88 Å². The van der Waals surface area contributed by atoms with Gasteiger partial charge in [-0.2, -0.15) is 0 Å². The summed E-state index contributed by atoms with van der Waals surface area (Å²) in [5.74, 6) is -1.27. The number of aliphatic carboxylic acids is 1. The number of halogens is 1. The van der Waals surface area contributed by atoms with E-state index in [0.717, 1.165) is 16.5 Å². The third-order valence-electron chi connectivity index (χ3n) is 3.73. The van der Waals surface area contributed by atoms with Gasteiger partial charge >= 0.3 is 5.97 Å². The summed E-state index contributed by atoms with van der Waals surface area (Å²) in [6.07, 6.45) is 0.624. The summed E-state index contributed by atoms with van der Waals surface area (Å²) in [6, 6.07) is 4.45. The number of hydrogen-bond donors (Lipinski definition) is 2. The maximum Gasteiger partial charge on any atom is 0.332 e. The van der Waals surface area contributed by atoms with Gasteiger partial charge in [-0.3, -0.25) is 4.79 Å². The molecule has 2 N–H and O–H groups in total. The first-order valence-electron chi connectivity index (χ1n) is 6.29. The van der Waals surface area contributed by atoms with Gasteiger partial charge in [0.2, 0.25) is 5.91 Å². The molecule has 3 rings (SSSR count). The molecule has 5 nitrogen and oxygen atoms in total. The number of fused-ring (bicyclic) bond motifs is 3. The van der Waals surface area contributed by atoms with Crippen LogP contribution in [0, 0.1) is 0 Å². The van der Waals surface area contributed by atoms with Crippen LogP contribution in [0.2, 0.25) is 5.02 Å². The van der Waals surface area contributed by atoms with Crippen LogP contribution in [-0.2, 0) is 16.0 Å². The molecule has 6 heteroatoms. The molecule has 2 heterocycles. The lowest BCUT2D eigenvalue weighted by Crippen LogP contribution is -2.42. The van der Waals surface area contributed by atoms with Crippen molar-refractivity contribution < 1.29 is 14.7 Å². The molecule has 0 spiro atoms. The van der Waals surface area contributed by atoms with E-state index in [1.807, 2.05) is 12.1 Å². The quantitative estimate of drug-likeness (QED) is 0.847. The van der Waals surface area contributed by atoms with E-state index in [9.17, 15) is 14.7 Å². The molecule has 1 amide bonds. The molecule has 0 aliphatic carbocycles. The van der Waals surface area contributed by atoms with Crippen molar-refractivity contribution >= 4 is 34.4 Å². The van der Waals surface area contributed by atoms with Gasteiger partial charge < -0.3 is 15.0 Å². The Hall–Kier alpha value is -2.01. The zero-order valence-electron chi connectivity index (χ0n) is 10.8. The van der Waals surface area contributed by atoms with Gasteiger partial charge in [0.05, 0.1) is 5.69 Å². The number of carboxylic acid groups (broad SMARTS) is 1. The highest BCUT2D eigenvalue weighted by molar-refractivity contribution is 6.31. The summed E-state index contributed by atoms with van der Waals surface area (Å²) in [5.41, 5.74) is 2.36. The molecule has 0 fully saturated rings. The first kappa shape index (κ1) is 13.0. The smallest absolute Gasteiger partial charge is 0.332 e. The zero-order valence-corrected chi connectivity index (χ0v) is 11.6. The van der Waals surface area contributed by atoms with Crippen LogP contribution in [0.15, 0.2) is 18.2 Å². The molecule has 0 saturated heterocycles. The standard InChI is InChI=1S/C14H13ClN2O3/c1-7(18)17-5-4-9-10-6-8(15)2-3-11(10)16-12(9)13(17)14(19)20/h2-3,6,13,16H,4-5H2,1H3,(H,19,20). The minimum Gasteiger partial charge on any atom is -0.479 e. The molecule has 0 bridgehead atoms. The van der Waals surface area contributed by atoms with Crippen LogP contribution >= 0.6 is 11.6 Å². The van der Waals surface area contributed by atoms with Crippen molar-refractivity contribution in [2.75, 3.05) is 6.54 Å². The average Bonchev–Trinajstić information content (AvgIpc) is 2.75. The van der Waals surface area contributed by atoms with E-state index in [4.69, 9.17) is 11.6 Å². The van der Waals surface area contributed by atoms with Crippen LogP contribution in [0.25, 0.3) is 10.9 Å². The molecule has 1 aliphatic rings. The van der Waals surface area contributed by atoms with Crippen LogP contribution in [0.3, 0.4) is 0 Å². The van der Waals surface area contributed by atoms with Crippen molar-refractivity contribution in [3.8, 4) is 0 Å². The molecule has 1 aromatic carbocycles. The number of aromatic amines is 1. The Morgan fingerprint density at radius 3 is 2.85 bits per heavy atom. The van der Waals surface area contributed by atoms with E-state index in [1.165, 1.54) is 11.8 Å². The van der Waals surface area contributed by atoms with Gasteiger partial charge in [-0.1, -0.05) is 11.6 Å². The van der Waals surface area contributed by atoms with Gasteiger partial charge in [-0.05, 0) is 30.2 Å². The van der Waals surface area contributed by atoms with Gasteiger partial charge in [0.1, 0.15) is 0 Å². The van der Waals surface area contributed by atoms with Gasteiger partial charge in [-0.15, -0.1) is 0 Å². The fourth-order valence-corrected chi connectivity index (χ4v) is 3.03. The number of amides is 1. The van der Waals surface area contributed by atoms with Gasteiger partial charge in [-0.25, -0.2) is 4.79 Å². The maximum absolute atomic E-state index is 11.6. The van der Waals surface area contributed by atoms with Gasteiger partial charge in [0, 0.05) is 29.4 Å². The molecule has 1 aromatic heterocycles. The number of nitrogens with one attached hydrogen (secondary N) is 1. The van der Waals surface area contributed by atoms with E-state index in [2.05, 4.69) is 4.98 Å². The number of H-pyrrole nitrogens is 1. The number of nitrogens with zero attached hydrogens (tertiary/aromatic N) is 1. The van der Waals surface area contributed by atoms with Crippen LogP contribution in [-0.4, -0.2) is 33.4 Å². The minimum atomic E-state index is -1.03. The molecule has 1 atom stereocenters. The summed E-state index contributed by atoms with van der Waals surface area (Å²) in [6.45, 7) is 1.79. The van der Waals surface area contributed by atoms with E-state index < -0.39 is 12.0 Å². The summed E-state index contributed by atoms with van der Waals surface area (Å²) < 4.78 is 0. The number of carboxylic acids is 1. The SMILES string of the molecule is CC(=O)N1CCc2c([nH]c3ccc(Cl)cc23)C1C(=O)O. The monoisotopic (exact) mass is 292 g/mol. The lowest BCUT2D eigenvalue weighted by Gasteiger charge is -2.32. The van der Waals surface area contributed by atoms with Crippen molar-refractivity contribution in [2.45, 2.75) is 19.4 Å². The first-order valence-corrected chi connectivity index (χ1v) is 6.67. The Bertz CT molecular complexity index is 723. The number of hydrogen-bond acceptors (Lipinski definition) is 2. The topological polar surface area (TPSA) is 73.4 Å². The van der Waals surface area contributed by atoms with E-state index in [0.29, 0.717) is 23.7 Å². The molecule has 1 unspecified atom stereocenters. The van der Waals surface area contributed by atoms with Crippen molar-refractivity contribution in [3.05, 3.63) is 34.5 Å². The molecule has 0 radical (unpaired) electrons. The van der Waals surface area contributed by atoms with Crippen LogP contribution in [0.1, 0.15) is 24.2 Å². The Labute approximate surface area is 120 Å². The summed E-state index contributed by atoms with van der Waals surface area (Å²) >= 11 is 6.00. The van der Waals surface area contributed by atoms with E-state index >= 15 is 0 Å². The second-order valence-electron chi connectivity index (χ2n) is 4.91. The highest BCUT2D eigenvalue weighted by Crippen LogP contribution is 2.35. The second kappa shape index (κ2) is 4.52. The highest BCUT2D eigenvalue weighted by Gasteiger charge is 2.36. The Morgan fingerprint density at radius 1 is 1.45 bits per heavy atom. The third-order valence-corrected chi connectivity index (χ3v) is 3.96. The second-order valence-corrected chi connectivity index (χ2v) is 5.35. The lowest BCUT2D eigenvalue weighted by molar-refractivity contribution is -0.150. The normalized spacial score (nSPS) is 18.1. The number of carbonyl (C=O) groups is 2. The zero-order chi connectivity index (χ0) is 14.4. The van der Waals surface area contributed by atoms with E-state index in [-0.39, 0.29) is 5.91 Å². The summed E-state index contributed by atoms with van der Waals surface area (Å²) in [7, 11) is 0. The number of aromatic nitrogens is 1. The van der Waals surface area contributed by atoms with Crippen molar-refractivity contribution in [1.29, 1.82) is 0 Å². The largest absolute Gasteiger partial charge is 0.479 e. The number of carbonyl (C=O) groups excluding carboxylic acids is 1. The molecule has 0 saturated carbocycles.